The fourth-order valence-corrected chi connectivity index (χ4v) is 4.37. The molecule has 0 aromatic heterocycles. The minimum atomic E-state index is -0.910. The third-order valence-electron chi connectivity index (χ3n) is 5.78. The number of carbonyl (C=O) groups is 3. The molecule has 2 aromatic rings. The summed E-state index contributed by atoms with van der Waals surface area (Å²) in [5.74, 6) is -0.0390. The Balaban J connectivity index is 2.42. The fraction of sp³-hybridized carbons (Fsp3) is 0.433. The summed E-state index contributed by atoms with van der Waals surface area (Å²) in [6.45, 7) is 11.6. The lowest BCUT2D eigenvalue weighted by atomic mass is 10.00. The molecule has 0 heterocycles. The molecular formula is C30H41N3O4S. The van der Waals surface area contributed by atoms with Crippen molar-refractivity contribution < 1.29 is 19.1 Å². The number of nitrogens with zero attached hydrogens (tertiary/aromatic N) is 1. The highest BCUT2D eigenvalue weighted by molar-refractivity contribution is 7.98. The SMILES string of the molecule is C=CCN(C(=O)C(CCSC)NC(=O)OC(C)(C)C)C(C(=O)NCc1ccccc1)c1ccc(CC)cc1. The number of benzene rings is 2. The predicted molar refractivity (Wildman–Crippen MR) is 155 cm³/mol. The lowest BCUT2D eigenvalue weighted by Crippen LogP contribution is -2.53. The molecule has 2 atom stereocenters. The number of ether oxygens (including phenoxy) is 1. The van der Waals surface area contributed by atoms with E-state index in [1.54, 1.807) is 38.6 Å². The average molecular weight is 540 g/mol. The molecule has 206 valence electrons. The van der Waals surface area contributed by atoms with E-state index in [1.165, 1.54) is 4.90 Å². The molecule has 0 fully saturated rings. The van der Waals surface area contributed by atoms with E-state index in [-0.39, 0.29) is 18.4 Å². The molecule has 2 rings (SSSR count). The number of nitrogens with one attached hydrogen (secondary N) is 2. The number of aryl methyl sites for hydroxylation is 1. The van der Waals surface area contributed by atoms with Crippen molar-refractivity contribution in [2.45, 2.75) is 64.8 Å². The van der Waals surface area contributed by atoms with Gasteiger partial charge in [-0.05, 0) is 62.3 Å². The number of carbonyl (C=O) groups excluding carboxylic acids is 3. The van der Waals surface area contributed by atoms with Crippen molar-refractivity contribution >= 4 is 29.7 Å². The van der Waals surface area contributed by atoms with E-state index in [0.29, 0.717) is 24.3 Å². The van der Waals surface area contributed by atoms with Gasteiger partial charge >= 0.3 is 6.09 Å². The van der Waals surface area contributed by atoms with Crippen molar-refractivity contribution in [3.8, 4) is 0 Å². The molecule has 2 N–H and O–H groups in total. The van der Waals surface area contributed by atoms with Gasteiger partial charge in [0.2, 0.25) is 11.8 Å². The average Bonchev–Trinajstić information content (AvgIpc) is 2.89. The van der Waals surface area contributed by atoms with Crippen molar-refractivity contribution in [3.63, 3.8) is 0 Å². The molecule has 8 heteroatoms. The Kier molecular flexibility index (Phi) is 12.4. The molecule has 0 radical (unpaired) electrons. The maximum atomic E-state index is 14.0. The molecule has 7 nitrogen and oxygen atoms in total. The number of hydrogen-bond donors (Lipinski definition) is 2. The van der Waals surface area contributed by atoms with Crippen LogP contribution in [0.5, 0.6) is 0 Å². The summed E-state index contributed by atoms with van der Waals surface area (Å²) < 4.78 is 5.42. The summed E-state index contributed by atoms with van der Waals surface area (Å²) in [6.07, 6.45) is 4.10. The summed E-state index contributed by atoms with van der Waals surface area (Å²) in [6, 6.07) is 15.5. The van der Waals surface area contributed by atoms with Gasteiger partial charge in [-0.1, -0.05) is 67.6 Å². The normalized spacial score (nSPS) is 12.7. The Morgan fingerprint density at radius 1 is 1.05 bits per heavy atom. The maximum Gasteiger partial charge on any atom is 0.408 e. The van der Waals surface area contributed by atoms with Crippen LogP contribution in [-0.2, 0) is 27.3 Å². The van der Waals surface area contributed by atoms with E-state index < -0.39 is 23.8 Å². The lowest BCUT2D eigenvalue weighted by Gasteiger charge is -2.34. The van der Waals surface area contributed by atoms with Gasteiger partial charge in [-0.3, -0.25) is 9.59 Å². The van der Waals surface area contributed by atoms with Gasteiger partial charge in [0.25, 0.3) is 0 Å². The van der Waals surface area contributed by atoms with Gasteiger partial charge in [-0.15, -0.1) is 6.58 Å². The van der Waals surface area contributed by atoms with E-state index in [2.05, 4.69) is 24.1 Å². The van der Waals surface area contributed by atoms with Crippen LogP contribution in [0.1, 0.15) is 56.8 Å². The van der Waals surface area contributed by atoms with E-state index in [4.69, 9.17) is 4.74 Å². The van der Waals surface area contributed by atoms with E-state index in [9.17, 15) is 14.4 Å². The second-order valence-electron chi connectivity index (χ2n) is 9.96. The second kappa shape index (κ2) is 15.2. The predicted octanol–water partition coefficient (Wildman–Crippen LogP) is 5.27. The highest BCUT2D eigenvalue weighted by atomic mass is 32.2. The summed E-state index contributed by atoms with van der Waals surface area (Å²) in [4.78, 5) is 41.8. The molecule has 0 saturated heterocycles. The minimum absolute atomic E-state index is 0.129. The summed E-state index contributed by atoms with van der Waals surface area (Å²) in [5.41, 5.74) is 2.05. The standard InChI is InChI=1S/C30H41N3O4S/c1-7-19-33(28(35)25(18-20-38-6)32-29(36)37-30(3,4)5)26(24-16-14-22(8-2)15-17-24)27(34)31-21-23-12-10-9-11-13-23/h7,9-17,25-26H,1,8,18-21H2,2-6H3,(H,31,34)(H,32,36). The Morgan fingerprint density at radius 3 is 2.26 bits per heavy atom. The molecule has 0 aliphatic heterocycles. The molecule has 0 aliphatic carbocycles. The van der Waals surface area contributed by atoms with Crippen LogP contribution in [0, 0.1) is 0 Å². The third kappa shape index (κ3) is 9.89. The van der Waals surface area contributed by atoms with Crippen LogP contribution in [0.2, 0.25) is 0 Å². The van der Waals surface area contributed by atoms with Gasteiger partial charge in [-0.2, -0.15) is 11.8 Å². The Hall–Kier alpha value is -3.26. The van der Waals surface area contributed by atoms with Gasteiger partial charge < -0.3 is 20.3 Å². The zero-order valence-corrected chi connectivity index (χ0v) is 24.0. The van der Waals surface area contributed by atoms with Crippen molar-refractivity contribution in [3.05, 3.63) is 83.9 Å². The second-order valence-corrected chi connectivity index (χ2v) is 10.9. The summed E-state index contributed by atoms with van der Waals surface area (Å²) in [5, 5.41) is 5.73. The smallest absolute Gasteiger partial charge is 0.408 e. The summed E-state index contributed by atoms with van der Waals surface area (Å²) >= 11 is 1.57. The van der Waals surface area contributed by atoms with Crippen LogP contribution in [0.15, 0.2) is 67.3 Å². The maximum absolute atomic E-state index is 14.0. The molecule has 0 spiro atoms. The minimum Gasteiger partial charge on any atom is -0.444 e. The Bertz CT molecular complexity index is 1050. The topological polar surface area (TPSA) is 87.7 Å². The largest absolute Gasteiger partial charge is 0.444 e. The van der Waals surface area contributed by atoms with E-state index in [1.807, 2.05) is 60.9 Å². The number of amides is 3. The number of rotatable bonds is 13. The number of thioether (sulfide) groups is 1. The van der Waals surface area contributed by atoms with E-state index >= 15 is 0 Å². The first kappa shape index (κ1) is 31.0. The molecule has 2 unspecified atom stereocenters. The quantitative estimate of drug-likeness (QED) is 0.339. The zero-order chi connectivity index (χ0) is 28.1. The lowest BCUT2D eigenvalue weighted by molar-refractivity contribution is -0.142. The van der Waals surface area contributed by atoms with Gasteiger partial charge in [0.1, 0.15) is 17.7 Å². The Morgan fingerprint density at radius 2 is 1.71 bits per heavy atom. The van der Waals surface area contributed by atoms with E-state index in [0.717, 1.165) is 17.5 Å². The van der Waals surface area contributed by atoms with Crippen LogP contribution < -0.4 is 10.6 Å². The molecule has 0 bridgehead atoms. The van der Waals surface area contributed by atoms with Crippen molar-refractivity contribution in [2.75, 3.05) is 18.6 Å². The van der Waals surface area contributed by atoms with Crippen LogP contribution in [-0.4, -0.2) is 53.0 Å². The van der Waals surface area contributed by atoms with Gasteiger partial charge in [-0.25, -0.2) is 4.79 Å². The molecular weight excluding hydrogens is 498 g/mol. The first-order valence-corrected chi connectivity index (χ1v) is 14.3. The molecule has 0 aliphatic rings. The van der Waals surface area contributed by atoms with Crippen LogP contribution >= 0.6 is 11.8 Å². The highest BCUT2D eigenvalue weighted by Crippen LogP contribution is 2.24. The number of alkyl carbamates (subject to hydrolysis) is 1. The van der Waals surface area contributed by atoms with Crippen LogP contribution in [0.4, 0.5) is 4.79 Å². The molecule has 3 amide bonds. The first-order chi connectivity index (χ1) is 18.1. The van der Waals surface area contributed by atoms with Gasteiger partial charge in [0.15, 0.2) is 0 Å². The Labute approximate surface area is 231 Å². The van der Waals surface area contributed by atoms with Crippen molar-refractivity contribution in [1.29, 1.82) is 0 Å². The van der Waals surface area contributed by atoms with Crippen molar-refractivity contribution in [1.82, 2.24) is 15.5 Å². The zero-order valence-electron chi connectivity index (χ0n) is 23.2. The molecule has 0 saturated carbocycles. The van der Waals surface area contributed by atoms with Crippen LogP contribution in [0.25, 0.3) is 0 Å². The van der Waals surface area contributed by atoms with Crippen molar-refractivity contribution in [2.24, 2.45) is 0 Å². The highest BCUT2D eigenvalue weighted by Gasteiger charge is 2.35. The monoisotopic (exact) mass is 539 g/mol. The molecule has 38 heavy (non-hydrogen) atoms. The fourth-order valence-electron chi connectivity index (χ4n) is 3.89. The first-order valence-electron chi connectivity index (χ1n) is 12.9. The number of hydrogen-bond acceptors (Lipinski definition) is 5. The molecule has 2 aromatic carbocycles. The summed E-state index contributed by atoms with van der Waals surface area (Å²) in [7, 11) is 0. The van der Waals surface area contributed by atoms with Crippen LogP contribution in [0.3, 0.4) is 0 Å². The third-order valence-corrected chi connectivity index (χ3v) is 6.43. The van der Waals surface area contributed by atoms with Gasteiger partial charge in [0, 0.05) is 13.1 Å². The van der Waals surface area contributed by atoms with Gasteiger partial charge in [0.05, 0.1) is 0 Å².